The Bertz CT molecular complexity index is 1320. The highest BCUT2D eigenvalue weighted by molar-refractivity contribution is 7.99. The summed E-state index contributed by atoms with van der Waals surface area (Å²) in [7, 11) is 0. The molecule has 0 unspecified atom stereocenters. The van der Waals surface area contributed by atoms with Crippen molar-refractivity contribution in [3.8, 4) is 0 Å². The first-order chi connectivity index (χ1) is 16.8. The first kappa shape index (κ1) is 24.6. The van der Waals surface area contributed by atoms with Crippen molar-refractivity contribution < 1.29 is 19.2 Å². The molecule has 4 N–H and O–H groups in total. The molecule has 1 aliphatic rings. The number of thioether (sulfide) groups is 1. The lowest BCUT2D eigenvalue weighted by molar-refractivity contribution is -0.120. The lowest BCUT2D eigenvalue weighted by Gasteiger charge is -2.26. The van der Waals surface area contributed by atoms with Gasteiger partial charge in [-0.05, 0) is 29.8 Å². The number of nitrogens with two attached hydrogens (primary N) is 1. The molecular weight excluding hydrogens is 490 g/mol. The van der Waals surface area contributed by atoms with E-state index < -0.39 is 18.0 Å². The van der Waals surface area contributed by atoms with Crippen LogP contribution in [0.15, 0.2) is 53.6 Å². The maximum atomic E-state index is 13.7. The van der Waals surface area contributed by atoms with Gasteiger partial charge in [0.2, 0.25) is 11.8 Å². The molecule has 1 atom stereocenters. The molecule has 0 fully saturated rings. The summed E-state index contributed by atoms with van der Waals surface area (Å²) in [6, 6.07) is 11.0. The van der Waals surface area contributed by atoms with Gasteiger partial charge in [-0.2, -0.15) is 0 Å². The zero-order chi connectivity index (χ0) is 25.1. The normalized spacial score (nSPS) is 15.4. The number of hydrogen-bond donors (Lipinski definition) is 3. The highest BCUT2D eigenvalue weighted by atomic mass is 35.5. The molecule has 11 heteroatoms. The Balaban J connectivity index is 1.77. The number of para-hydroxylation sites is 1. The molecule has 182 valence electrons. The number of rotatable bonds is 6. The second kappa shape index (κ2) is 10.4. The molecule has 2 heterocycles. The highest BCUT2D eigenvalue weighted by Gasteiger charge is 2.33. The van der Waals surface area contributed by atoms with Crippen molar-refractivity contribution in [2.45, 2.75) is 24.4 Å². The lowest BCUT2D eigenvalue weighted by Crippen LogP contribution is -2.52. The molecule has 0 bridgehead atoms. The monoisotopic (exact) mass is 513 g/mol. The second-order valence-corrected chi connectivity index (χ2v) is 9.42. The topological polar surface area (TPSA) is 127 Å². The van der Waals surface area contributed by atoms with Gasteiger partial charge < -0.3 is 21.3 Å². The summed E-state index contributed by atoms with van der Waals surface area (Å²) in [6.45, 7) is 1.85. The summed E-state index contributed by atoms with van der Waals surface area (Å²) in [5.74, 6) is -0.579. The number of hydrogen-bond acceptors (Lipinski definition) is 5. The number of anilines is 1. The van der Waals surface area contributed by atoms with E-state index in [2.05, 4.69) is 10.6 Å². The van der Waals surface area contributed by atoms with E-state index in [4.69, 9.17) is 17.3 Å². The minimum Gasteiger partial charge on any atom is -0.366 e. The number of nitrogens with one attached hydrogen (secondary N) is 2. The molecule has 0 saturated heterocycles. The molecule has 0 radical (unpaired) electrons. The Morgan fingerprint density at radius 1 is 1.20 bits per heavy atom. The number of urea groups is 1. The van der Waals surface area contributed by atoms with Gasteiger partial charge in [0.15, 0.2) is 0 Å². The number of benzene rings is 2. The smallest absolute Gasteiger partial charge is 0.315 e. The van der Waals surface area contributed by atoms with Crippen LogP contribution in [0.3, 0.4) is 0 Å². The van der Waals surface area contributed by atoms with Gasteiger partial charge in [0, 0.05) is 47.1 Å². The third kappa shape index (κ3) is 5.13. The Hall–Kier alpha value is -3.50. The SMILES string of the molecule is CC(=O)n1cc(CN2C(=O)[C@@H](NC(=O)NCCCl)CSc3ccc(C(N)=O)cc32)c2ccccc21. The number of alkyl halides is 1. The van der Waals surface area contributed by atoms with Crippen molar-refractivity contribution in [2.75, 3.05) is 23.1 Å². The molecule has 0 saturated carbocycles. The van der Waals surface area contributed by atoms with E-state index in [9.17, 15) is 19.2 Å². The Morgan fingerprint density at radius 3 is 2.69 bits per heavy atom. The van der Waals surface area contributed by atoms with Crippen LogP contribution in [-0.2, 0) is 11.3 Å². The zero-order valence-electron chi connectivity index (χ0n) is 18.9. The Labute approximate surface area is 211 Å². The van der Waals surface area contributed by atoms with E-state index in [1.807, 2.05) is 24.3 Å². The predicted octanol–water partition coefficient (Wildman–Crippen LogP) is 2.95. The molecule has 1 aromatic heterocycles. The second-order valence-electron chi connectivity index (χ2n) is 7.98. The number of primary amides is 1. The predicted molar refractivity (Wildman–Crippen MR) is 136 cm³/mol. The largest absolute Gasteiger partial charge is 0.366 e. The van der Waals surface area contributed by atoms with Gasteiger partial charge in [-0.25, -0.2) is 4.79 Å². The molecule has 4 rings (SSSR count). The number of carbonyl (C=O) groups excluding carboxylic acids is 4. The van der Waals surface area contributed by atoms with Crippen molar-refractivity contribution in [3.63, 3.8) is 0 Å². The molecule has 9 nitrogen and oxygen atoms in total. The van der Waals surface area contributed by atoms with Gasteiger partial charge >= 0.3 is 6.03 Å². The average molecular weight is 514 g/mol. The molecule has 1 aliphatic heterocycles. The van der Waals surface area contributed by atoms with Crippen LogP contribution in [0.25, 0.3) is 10.9 Å². The zero-order valence-corrected chi connectivity index (χ0v) is 20.5. The van der Waals surface area contributed by atoms with Gasteiger partial charge in [-0.3, -0.25) is 19.0 Å². The van der Waals surface area contributed by atoms with Crippen LogP contribution in [0, 0.1) is 0 Å². The summed E-state index contributed by atoms with van der Waals surface area (Å²) in [5, 5.41) is 6.15. The third-order valence-corrected chi connectivity index (χ3v) is 7.00. The quantitative estimate of drug-likeness (QED) is 0.437. The summed E-state index contributed by atoms with van der Waals surface area (Å²) < 4.78 is 1.54. The molecule has 35 heavy (non-hydrogen) atoms. The molecule has 0 spiro atoms. The fourth-order valence-corrected chi connectivity index (χ4v) is 5.15. The number of carbonyl (C=O) groups is 4. The van der Waals surface area contributed by atoms with Crippen LogP contribution in [0.4, 0.5) is 10.5 Å². The maximum Gasteiger partial charge on any atom is 0.315 e. The van der Waals surface area contributed by atoms with Crippen LogP contribution >= 0.6 is 23.4 Å². The van der Waals surface area contributed by atoms with E-state index in [1.165, 1.54) is 28.2 Å². The van der Waals surface area contributed by atoms with Crippen molar-refractivity contribution in [2.24, 2.45) is 5.73 Å². The van der Waals surface area contributed by atoms with E-state index >= 15 is 0 Å². The van der Waals surface area contributed by atoms with Gasteiger partial charge in [0.1, 0.15) is 6.04 Å². The van der Waals surface area contributed by atoms with Crippen LogP contribution in [0.1, 0.15) is 27.6 Å². The molecule has 2 aromatic carbocycles. The summed E-state index contributed by atoms with van der Waals surface area (Å²) in [5.41, 5.74) is 7.76. The van der Waals surface area contributed by atoms with Crippen molar-refractivity contribution in [1.82, 2.24) is 15.2 Å². The fraction of sp³-hybridized carbons (Fsp3) is 0.250. The fourth-order valence-electron chi connectivity index (χ4n) is 4.00. The molecule has 4 amide bonds. The number of halogens is 1. The van der Waals surface area contributed by atoms with Crippen LogP contribution in [0.5, 0.6) is 0 Å². The lowest BCUT2D eigenvalue weighted by atomic mass is 10.1. The van der Waals surface area contributed by atoms with E-state index in [-0.39, 0.29) is 36.3 Å². The Morgan fingerprint density at radius 2 is 1.97 bits per heavy atom. The van der Waals surface area contributed by atoms with Gasteiger partial charge in [0.25, 0.3) is 5.91 Å². The van der Waals surface area contributed by atoms with Crippen molar-refractivity contribution >= 4 is 63.7 Å². The van der Waals surface area contributed by atoms with Gasteiger partial charge in [-0.15, -0.1) is 23.4 Å². The van der Waals surface area contributed by atoms with Crippen molar-refractivity contribution in [1.29, 1.82) is 0 Å². The van der Waals surface area contributed by atoms with Crippen molar-refractivity contribution in [3.05, 3.63) is 59.8 Å². The van der Waals surface area contributed by atoms with Crippen LogP contribution in [-0.4, -0.2) is 52.5 Å². The summed E-state index contributed by atoms with van der Waals surface area (Å²) >= 11 is 7.04. The van der Waals surface area contributed by atoms with E-state index in [0.717, 1.165) is 21.4 Å². The summed E-state index contributed by atoms with van der Waals surface area (Å²) in [6.07, 6.45) is 1.71. The molecular formula is C24H24ClN5O4S. The standard InChI is InChI=1S/C24H24ClN5O4S/c1-14(31)29-11-16(17-4-2-3-5-19(17)29)12-30-20-10-15(22(26)32)6-7-21(20)35-13-18(23(30)33)28-24(34)27-9-8-25/h2-7,10-11,18H,8-9,12-13H2,1H3,(H2,26,32)(H2,27,28,34)/t18-/m0/s1. The molecule has 3 aromatic rings. The number of amides is 4. The third-order valence-electron chi connectivity index (χ3n) is 5.65. The van der Waals surface area contributed by atoms with Crippen LogP contribution in [0.2, 0.25) is 0 Å². The minimum absolute atomic E-state index is 0.122. The maximum absolute atomic E-state index is 13.7. The summed E-state index contributed by atoms with van der Waals surface area (Å²) in [4.78, 5) is 52.4. The first-order valence-electron chi connectivity index (χ1n) is 10.9. The number of fused-ring (bicyclic) bond motifs is 2. The minimum atomic E-state index is -0.832. The molecule has 0 aliphatic carbocycles. The number of aromatic nitrogens is 1. The average Bonchev–Trinajstić information content (AvgIpc) is 3.16. The van der Waals surface area contributed by atoms with E-state index in [1.54, 1.807) is 24.4 Å². The Kier molecular flexibility index (Phi) is 7.32. The van der Waals surface area contributed by atoms with Crippen LogP contribution < -0.4 is 21.3 Å². The van der Waals surface area contributed by atoms with Gasteiger partial charge in [-0.1, -0.05) is 18.2 Å². The van der Waals surface area contributed by atoms with E-state index in [0.29, 0.717) is 11.4 Å². The first-order valence-corrected chi connectivity index (χ1v) is 12.4. The number of nitrogens with zero attached hydrogens (tertiary/aromatic N) is 2. The van der Waals surface area contributed by atoms with Gasteiger partial charge in [0.05, 0.1) is 17.7 Å². The highest BCUT2D eigenvalue weighted by Crippen LogP contribution is 2.37.